The summed E-state index contributed by atoms with van der Waals surface area (Å²) in [5.74, 6) is 0. The van der Waals surface area contributed by atoms with Crippen molar-refractivity contribution >= 4 is 76.2 Å². The number of fused-ring (bicyclic) bond motifs is 10. The molecule has 6 aromatic carbocycles. The van der Waals surface area contributed by atoms with E-state index in [2.05, 4.69) is 233 Å². The van der Waals surface area contributed by atoms with Gasteiger partial charge in [0.1, 0.15) is 0 Å². The molecule has 2 aliphatic carbocycles. The highest BCUT2D eigenvalue weighted by Gasteiger charge is 2.64. The summed E-state index contributed by atoms with van der Waals surface area (Å²) < 4.78 is 0. The summed E-state index contributed by atoms with van der Waals surface area (Å²) in [4.78, 5) is 8.62. The summed E-state index contributed by atoms with van der Waals surface area (Å²) in [6.45, 7) is 37.2. The van der Waals surface area contributed by atoms with Crippen LogP contribution in [-0.4, -0.2) is 25.9 Å². The lowest BCUT2D eigenvalue weighted by Gasteiger charge is -2.54. The van der Waals surface area contributed by atoms with E-state index in [-0.39, 0.29) is 44.9 Å². The van der Waals surface area contributed by atoms with Crippen molar-refractivity contribution in [1.82, 2.24) is 0 Å². The fraction of sp³-hybridized carbons (Fsp3) is 0.455. The molecule has 12 rings (SSSR count). The van der Waals surface area contributed by atoms with Gasteiger partial charge in [0.15, 0.2) is 0 Å². The molecule has 2 fully saturated rings. The maximum atomic E-state index is 2.98. The Morgan fingerprint density at radius 2 is 1.10 bits per heavy atom. The Hall–Kier alpha value is -5.00. The smallest absolute Gasteiger partial charge is 0.252 e. The Balaban J connectivity index is 1.24. The summed E-state index contributed by atoms with van der Waals surface area (Å²) in [6, 6.07) is 47.5. The first kappa shape index (κ1) is 47.0. The van der Waals surface area contributed by atoms with Gasteiger partial charge in [-0.2, -0.15) is 0 Å². The van der Waals surface area contributed by atoms with Crippen molar-refractivity contribution in [2.45, 2.75) is 192 Å². The molecule has 0 bridgehead atoms. The molecular weight excluding hydrogens is 874 g/mol. The fourth-order valence-corrected chi connectivity index (χ4v) is 16.5. The minimum atomic E-state index is -1.75. The number of hydrogen-bond acceptors (Lipinski definition) is 3. The molecule has 4 heterocycles. The quantitative estimate of drug-likeness (QED) is 0.163. The Bertz CT molecular complexity index is 3180. The van der Waals surface area contributed by atoms with Gasteiger partial charge in [-0.1, -0.05) is 199 Å². The molecule has 2 saturated carbocycles. The first-order valence-electron chi connectivity index (χ1n) is 27.6. The molecule has 0 aromatic heterocycles. The lowest BCUT2D eigenvalue weighted by molar-refractivity contribution is 0.195. The third-order valence-electron chi connectivity index (χ3n) is 19.7. The van der Waals surface area contributed by atoms with E-state index in [1.165, 1.54) is 123 Å². The number of hydrogen-bond donors (Lipinski definition) is 0. The van der Waals surface area contributed by atoms with Crippen LogP contribution in [0.15, 0.2) is 115 Å². The molecule has 4 unspecified atom stereocenters. The fourth-order valence-electron chi connectivity index (χ4n) is 15.4. The van der Waals surface area contributed by atoms with Gasteiger partial charge in [-0.25, -0.2) is 0 Å². The molecule has 4 aliphatic heterocycles. The second-order valence-electron chi connectivity index (χ2n) is 27.9. The topological polar surface area (TPSA) is 9.72 Å². The van der Waals surface area contributed by atoms with Crippen molar-refractivity contribution in [1.29, 1.82) is 0 Å². The Kier molecular flexibility index (Phi) is 9.97. The van der Waals surface area contributed by atoms with Gasteiger partial charge in [-0.15, -0.1) is 0 Å². The minimum Gasteiger partial charge on any atom is -0.335 e. The van der Waals surface area contributed by atoms with E-state index in [1.807, 2.05) is 0 Å². The van der Waals surface area contributed by atoms with E-state index in [4.69, 9.17) is 0 Å². The Morgan fingerprint density at radius 3 is 1.79 bits per heavy atom. The molecule has 0 saturated heterocycles. The predicted molar refractivity (Wildman–Crippen MR) is 310 cm³/mol. The molecule has 6 aromatic rings. The summed E-state index contributed by atoms with van der Waals surface area (Å²) in [7, 11) is -1.75. The van der Waals surface area contributed by atoms with Crippen LogP contribution in [0.25, 0.3) is 0 Å². The molecular formula is C66H80BN3Si. The van der Waals surface area contributed by atoms with Crippen LogP contribution in [0.3, 0.4) is 0 Å². The zero-order chi connectivity index (χ0) is 50.2. The van der Waals surface area contributed by atoms with Crippen LogP contribution in [0.1, 0.15) is 168 Å². The number of benzene rings is 6. The lowest BCUT2D eigenvalue weighted by atomic mass is 9.33. The Morgan fingerprint density at radius 1 is 0.479 bits per heavy atom. The van der Waals surface area contributed by atoms with E-state index in [9.17, 15) is 0 Å². The molecule has 0 amide bonds. The molecule has 0 radical (unpaired) electrons. The average Bonchev–Trinajstić information content (AvgIpc) is 3.68. The highest BCUT2D eigenvalue weighted by molar-refractivity contribution is 7.01. The van der Waals surface area contributed by atoms with E-state index >= 15 is 0 Å². The van der Waals surface area contributed by atoms with Crippen molar-refractivity contribution < 1.29 is 0 Å². The van der Waals surface area contributed by atoms with Crippen LogP contribution in [0.5, 0.6) is 0 Å². The van der Waals surface area contributed by atoms with Gasteiger partial charge in [0, 0.05) is 50.6 Å². The third-order valence-corrected chi connectivity index (χ3v) is 21.7. The predicted octanol–water partition coefficient (Wildman–Crippen LogP) is 15.2. The first-order chi connectivity index (χ1) is 33.3. The number of nitrogens with zero attached hydrogens (tertiary/aromatic N) is 3. The van der Waals surface area contributed by atoms with E-state index in [0.29, 0.717) is 0 Å². The maximum Gasteiger partial charge on any atom is 0.252 e. The van der Waals surface area contributed by atoms with E-state index in [1.54, 1.807) is 10.8 Å². The standard InChI is InChI=1S/C66H80BN3Si/c1-60(2,3)44-26-23-27-47(36-44)68-55-38-46(62(7,8)9)28-30-52(55)67-53-42-49(71(13,14)15)41-51-59(53)70(64(11)33-20-19-32-63(51,64)10)57-40-48(39-56(68)58(57)67)69-54-31-29-45(61(4,5)6)37-50(54)66(43-24-17-16-18-25-43)35-22-21-34-65(66,69)12/h16-18,23-31,36-42H,19-22,32-35H2,1-15H3. The van der Waals surface area contributed by atoms with Gasteiger partial charge < -0.3 is 14.7 Å². The Labute approximate surface area is 429 Å². The molecule has 3 nitrogen and oxygen atoms in total. The number of anilines is 7. The molecule has 5 heteroatoms. The van der Waals surface area contributed by atoms with Gasteiger partial charge in [0.25, 0.3) is 6.71 Å². The summed E-state index contributed by atoms with van der Waals surface area (Å²) in [5, 5.41) is 1.60. The molecule has 366 valence electrons. The van der Waals surface area contributed by atoms with Crippen LogP contribution < -0.4 is 36.3 Å². The summed E-state index contributed by atoms with van der Waals surface area (Å²) >= 11 is 0. The van der Waals surface area contributed by atoms with Gasteiger partial charge >= 0.3 is 0 Å². The van der Waals surface area contributed by atoms with Crippen LogP contribution in [0, 0.1) is 0 Å². The van der Waals surface area contributed by atoms with Crippen molar-refractivity contribution in [3.8, 4) is 0 Å². The van der Waals surface area contributed by atoms with Crippen molar-refractivity contribution in [3.63, 3.8) is 0 Å². The molecule has 6 aliphatic rings. The van der Waals surface area contributed by atoms with Crippen molar-refractivity contribution in [2.75, 3.05) is 14.7 Å². The first-order valence-corrected chi connectivity index (χ1v) is 31.1. The largest absolute Gasteiger partial charge is 0.335 e. The van der Waals surface area contributed by atoms with E-state index in [0.717, 1.165) is 12.8 Å². The molecule has 4 atom stereocenters. The zero-order valence-corrected chi connectivity index (χ0v) is 47.0. The third kappa shape index (κ3) is 6.39. The lowest BCUT2D eigenvalue weighted by Crippen LogP contribution is -2.65. The van der Waals surface area contributed by atoms with Gasteiger partial charge in [-0.3, -0.25) is 0 Å². The monoisotopic (exact) mass is 954 g/mol. The van der Waals surface area contributed by atoms with Crippen LogP contribution in [0.2, 0.25) is 19.6 Å². The highest BCUT2D eigenvalue weighted by atomic mass is 28.3. The molecule has 71 heavy (non-hydrogen) atoms. The van der Waals surface area contributed by atoms with Crippen LogP contribution >= 0.6 is 0 Å². The second-order valence-corrected chi connectivity index (χ2v) is 33.0. The van der Waals surface area contributed by atoms with Gasteiger partial charge in [0.2, 0.25) is 0 Å². The minimum absolute atomic E-state index is 0.00855. The summed E-state index contributed by atoms with van der Waals surface area (Å²) in [5.41, 5.74) is 22.3. The highest BCUT2D eigenvalue weighted by Crippen LogP contribution is 2.66. The van der Waals surface area contributed by atoms with Gasteiger partial charge in [-0.05, 0) is 142 Å². The normalized spacial score (nSPS) is 25.3. The zero-order valence-electron chi connectivity index (χ0n) is 46.0. The van der Waals surface area contributed by atoms with Crippen LogP contribution in [0.4, 0.5) is 39.8 Å². The molecule has 0 spiro atoms. The molecule has 0 N–H and O–H groups in total. The SMILES string of the molecule is CC(C)(C)c1cccc(N2c3cc(C(C)(C)C)ccc3B3c4cc([Si](C)(C)C)cc5c4N(c4cc(N6c7ccc(C(C)(C)C)cc7C7(c8ccccc8)CCCCC67C)cc2c43)C2(C)CCCCC52C)c1. The maximum absolute atomic E-state index is 2.98. The van der Waals surface area contributed by atoms with Crippen molar-refractivity contribution in [3.05, 3.63) is 149 Å². The van der Waals surface area contributed by atoms with Crippen molar-refractivity contribution in [2.24, 2.45) is 0 Å². The van der Waals surface area contributed by atoms with E-state index < -0.39 is 8.07 Å². The van der Waals surface area contributed by atoms with Gasteiger partial charge in [0.05, 0.1) is 19.2 Å². The summed E-state index contributed by atoms with van der Waals surface area (Å²) in [6.07, 6.45) is 9.65. The second kappa shape index (κ2) is 15.1. The van der Waals surface area contributed by atoms with Crippen LogP contribution in [-0.2, 0) is 27.1 Å². The average molecular weight is 954 g/mol. The number of rotatable bonds is 4.